The van der Waals surface area contributed by atoms with Gasteiger partial charge in [-0.05, 0) is 30.3 Å². The molecule has 1 amide bonds. The van der Waals surface area contributed by atoms with Crippen molar-refractivity contribution in [2.45, 2.75) is 4.90 Å². The van der Waals surface area contributed by atoms with Crippen LogP contribution in [0.25, 0.3) is 0 Å². The van der Waals surface area contributed by atoms with Gasteiger partial charge in [0.1, 0.15) is 4.90 Å². The van der Waals surface area contributed by atoms with Crippen molar-refractivity contribution < 1.29 is 18.0 Å². The molecule has 2 rings (SSSR count). The number of nitrogens with one attached hydrogen (secondary N) is 1. The third-order valence-corrected chi connectivity index (χ3v) is 5.68. The number of halogens is 2. The summed E-state index contributed by atoms with van der Waals surface area (Å²) in [5.74, 6) is -0.517. The number of sulfonamides is 1. The average Bonchev–Trinajstić information content (AvgIpc) is 2.56. The van der Waals surface area contributed by atoms with Gasteiger partial charge in [0.15, 0.2) is 0 Å². The van der Waals surface area contributed by atoms with Crippen LogP contribution in [-0.4, -0.2) is 33.0 Å². The molecule has 0 aromatic heterocycles. The summed E-state index contributed by atoms with van der Waals surface area (Å²) in [6.07, 6.45) is 0. The van der Waals surface area contributed by atoms with Crippen LogP contribution < -0.4 is 5.32 Å². The Morgan fingerprint density at radius 3 is 2.42 bits per heavy atom. The fraction of sp³-hybridized carbons (Fsp3) is 0.133. The fourth-order valence-corrected chi connectivity index (χ4v) is 3.49. The summed E-state index contributed by atoms with van der Waals surface area (Å²) >= 11 is 11.9. The lowest BCUT2D eigenvalue weighted by atomic mass is 10.2. The minimum Gasteiger partial charge on any atom is -0.321 e. The Bertz CT molecular complexity index is 872. The highest BCUT2D eigenvalue weighted by molar-refractivity contribution is 7.89. The molecule has 128 valence electrons. The molecule has 24 heavy (non-hydrogen) atoms. The molecule has 0 heterocycles. The molecule has 0 atom stereocenters. The van der Waals surface area contributed by atoms with Crippen molar-refractivity contribution in [3.63, 3.8) is 0 Å². The first-order valence-corrected chi connectivity index (χ1v) is 8.85. The van der Waals surface area contributed by atoms with Crippen molar-refractivity contribution in [3.05, 3.63) is 58.1 Å². The van der Waals surface area contributed by atoms with Crippen LogP contribution in [0, 0.1) is 0 Å². The van der Waals surface area contributed by atoms with E-state index >= 15 is 0 Å². The Hall–Kier alpha value is -1.64. The summed E-state index contributed by atoms with van der Waals surface area (Å²) in [4.78, 5) is 16.8. The molecular weight excluding hydrogens is 375 g/mol. The Labute approximate surface area is 149 Å². The molecule has 0 saturated heterocycles. The van der Waals surface area contributed by atoms with Gasteiger partial charge in [0.05, 0.1) is 22.8 Å². The number of hydrogen-bond donors (Lipinski definition) is 1. The van der Waals surface area contributed by atoms with Crippen LogP contribution in [0.15, 0.2) is 47.4 Å². The Morgan fingerprint density at radius 1 is 1.12 bits per heavy atom. The number of anilines is 1. The Kier molecular flexibility index (Phi) is 5.84. The second-order valence-electron chi connectivity index (χ2n) is 4.68. The molecule has 0 aliphatic rings. The third kappa shape index (κ3) is 3.88. The van der Waals surface area contributed by atoms with Gasteiger partial charge in [-0.3, -0.25) is 9.63 Å². The van der Waals surface area contributed by atoms with E-state index in [0.717, 1.165) is 0 Å². The smallest absolute Gasteiger partial charge is 0.266 e. The summed E-state index contributed by atoms with van der Waals surface area (Å²) in [5, 5.41) is 2.96. The summed E-state index contributed by atoms with van der Waals surface area (Å²) in [5.41, 5.74) is 0.528. The van der Waals surface area contributed by atoms with Gasteiger partial charge in [-0.15, -0.1) is 0 Å². The van der Waals surface area contributed by atoms with Gasteiger partial charge in [-0.2, -0.15) is 0 Å². The summed E-state index contributed by atoms with van der Waals surface area (Å²) < 4.78 is 25.3. The van der Waals surface area contributed by atoms with Gasteiger partial charge in [0.2, 0.25) is 0 Å². The molecule has 0 fully saturated rings. The zero-order chi connectivity index (χ0) is 17.9. The van der Waals surface area contributed by atoms with Crippen molar-refractivity contribution >= 4 is 44.8 Å². The number of hydrogen-bond acceptors (Lipinski definition) is 4. The van der Waals surface area contributed by atoms with Crippen molar-refractivity contribution in [2.24, 2.45) is 0 Å². The second-order valence-corrected chi connectivity index (χ2v) is 7.40. The maximum Gasteiger partial charge on any atom is 0.266 e. The maximum atomic E-state index is 12.3. The van der Waals surface area contributed by atoms with Crippen molar-refractivity contribution in [1.29, 1.82) is 0 Å². The number of amides is 1. The minimum absolute atomic E-state index is 0.0202. The zero-order valence-electron chi connectivity index (χ0n) is 12.8. The molecule has 1 N–H and O–H groups in total. The van der Waals surface area contributed by atoms with Gasteiger partial charge >= 0.3 is 0 Å². The van der Waals surface area contributed by atoms with E-state index in [4.69, 9.17) is 28.0 Å². The summed E-state index contributed by atoms with van der Waals surface area (Å²) in [7, 11) is -1.55. The predicted molar refractivity (Wildman–Crippen MR) is 92.8 cm³/mol. The van der Waals surface area contributed by atoms with E-state index in [-0.39, 0.29) is 15.5 Å². The van der Waals surface area contributed by atoms with Gasteiger partial charge in [0.25, 0.3) is 15.9 Å². The molecule has 0 saturated carbocycles. The molecule has 6 nitrogen and oxygen atoms in total. The monoisotopic (exact) mass is 388 g/mol. The van der Waals surface area contributed by atoms with E-state index in [0.29, 0.717) is 15.2 Å². The van der Waals surface area contributed by atoms with Crippen LogP contribution in [0.4, 0.5) is 5.69 Å². The van der Waals surface area contributed by atoms with Crippen molar-refractivity contribution in [3.8, 4) is 0 Å². The molecule has 0 bridgehead atoms. The van der Waals surface area contributed by atoms with Gasteiger partial charge < -0.3 is 5.32 Å². The van der Waals surface area contributed by atoms with Crippen molar-refractivity contribution in [2.75, 3.05) is 19.5 Å². The Balaban J connectivity index is 2.38. The normalized spacial score (nSPS) is 11.5. The van der Waals surface area contributed by atoms with Gasteiger partial charge in [-0.1, -0.05) is 39.8 Å². The molecule has 2 aromatic rings. The number of carbonyl (C=O) groups excluding carboxylic acids is 1. The van der Waals surface area contributed by atoms with E-state index in [9.17, 15) is 13.2 Å². The average molecular weight is 389 g/mol. The molecule has 0 radical (unpaired) electrons. The number of benzene rings is 2. The first-order valence-electron chi connectivity index (χ1n) is 6.66. The molecule has 0 unspecified atom stereocenters. The lowest BCUT2D eigenvalue weighted by Gasteiger charge is -2.16. The number of para-hydroxylation sites is 1. The first-order chi connectivity index (χ1) is 11.3. The molecule has 0 aliphatic carbocycles. The van der Waals surface area contributed by atoms with Gasteiger partial charge in [-0.25, -0.2) is 8.42 Å². The summed E-state index contributed by atoms with van der Waals surface area (Å²) in [6.45, 7) is 0. The number of carbonyl (C=O) groups is 1. The van der Waals surface area contributed by atoms with Crippen LogP contribution in [-0.2, 0) is 14.9 Å². The summed E-state index contributed by atoms with van der Waals surface area (Å²) in [6, 6.07) is 10.6. The lowest BCUT2D eigenvalue weighted by Crippen LogP contribution is -2.26. The third-order valence-electron chi connectivity index (χ3n) is 3.19. The van der Waals surface area contributed by atoms with E-state index in [2.05, 4.69) is 5.32 Å². The maximum absolute atomic E-state index is 12.3. The highest BCUT2D eigenvalue weighted by atomic mass is 35.5. The predicted octanol–water partition coefficient (Wildman–Crippen LogP) is 3.43. The second kappa shape index (κ2) is 7.50. The highest BCUT2D eigenvalue weighted by Crippen LogP contribution is 2.26. The molecule has 0 spiro atoms. The SMILES string of the molecule is CON(C)S(=O)(=O)c1cc(C(=O)Nc2ccccc2Cl)ccc1Cl. The van der Waals surface area contributed by atoms with Crippen molar-refractivity contribution in [1.82, 2.24) is 4.47 Å². The van der Waals surface area contributed by atoms with E-state index < -0.39 is 15.9 Å². The van der Waals surface area contributed by atoms with Gasteiger partial charge in [0, 0.05) is 12.6 Å². The molecule has 0 aliphatic heterocycles. The van der Waals surface area contributed by atoms with Crippen LogP contribution in [0.5, 0.6) is 0 Å². The topological polar surface area (TPSA) is 75.7 Å². The van der Waals surface area contributed by atoms with Crippen LogP contribution in [0.3, 0.4) is 0 Å². The number of nitrogens with zero attached hydrogens (tertiary/aromatic N) is 1. The highest BCUT2D eigenvalue weighted by Gasteiger charge is 2.25. The van der Waals surface area contributed by atoms with Crippen LogP contribution in [0.1, 0.15) is 10.4 Å². The number of rotatable bonds is 5. The standard InChI is InChI=1S/C15H14Cl2N2O4S/c1-19(23-2)24(21,22)14-9-10(7-8-12(14)17)15(20)18-13-6-4-3-5-11(13)16/h3-9H,1-2H3,(H,18,20). The first kappa shape index (κ1) is 18.7. The van der Waals surface area contributed by atoms with E-state index in [1.165, 1.54) is 32.4 Å². The molecular formula is C15H14Cl2N2O4S. The van der Waals surface area contributed by atoms with E-state index in [1.54, 1.807) is 24.3 Å². The van der Waals surface area contributed by atoms with E-state index in [1.807, 2.05) is 0 Å². The Morgan fingerprint density at radius 2 is 1.79 bits per heavy atom. The van der Waals surface area contributed by atoms with Crippen LogP contribution >= 0.6 is 23.2 Å². The fourth-order valence-electron chi connectivity index (χ4n) is 1.84. The van der Waals surface area contributed by atoms with Crippen LogP contribution in [0.2, 0.25) is 10.0 Å². The zero-order valence-corrected chi connectivity index (χ0v) is 15.1. The molecule has 2 aromatic carbocycles. The minimum atomic E-state index is -3.98. The quantitative estimate of drug-likeness (QED) is 0.796. The largest absolute Gasteiger partial charge is 0.321 e. The number of hydroxylamine groups is 1. The molecule has 9 heteroatoms. The lowest BCUT2D eigenvalue weighted by molar-refractivity contribution is -0.0258.